The van der Waals surface area contributed by atoms with Crippen LogP contribution in [0.4, 0.5) is 0 Å². The van der Waals surface area contributed by atoms with Crippen LogP contribution < -0.4 is 5.32 Å². The molecular weight excluding hydrogens is 274 g/mol. The van der Waals surface area contributed by atoms with Crippen LogP contribution in [0.5, 0.6) is 0 Å². The molecule has 0 fully saturated rings. The first-order chi connectivity index (χ1) is 10.7. The van der Waals surface area contributed by atoms with E-state index in [9.17, 15) is 9.59 Å². The Balaban J connectivity index is 1.53. The van der Waals surface area contributed by atoms with Gasteiger partial charge >= 0.3 is 0 Å². The van der Waals surface area contributed by atoms with Crippen LogP contribution in [0, 0.1) is 5.92 Å². The molecule has 0 aromatic heterocycles. The second kappa shape index (κ2) is 6.91. The maximum absolute atomic E-state index is 12.3. The van der Waals surface area contributed by atoms with Crippen LogP contribution in [0.3, 0.4) is 0 Å². The fourth-order valence-electron chi connectivity index (χ4n) is 3.45. The van der Waals surface area contributed by atoms with Crippen molar-refractivity contribution in [3.63, 3.8) is 0 Å². The van der Waals surface area contributed by atoms with Gasteiger partial charge in [0.2, 0.25) is 5.91 Å². The van der Waals surface area contributed by atoms with Crippen LogP contribution in [0.2, 0.25) is 0 Å². The normalized spacial score (nSPS) is 21.0. The van der Waals surface area contributed by atoms with E-state index in [0.29, 0.717) is 19.4 Å². The lowest BCUT2D eigenvalue weighted by atomic mass is 9.82. The number of allylic oxidation sites excluding steroid dienone is 1. The number of Topliss-reactive ketones (excluding diaryl/α,β-unsaturated/α-hetero) is 1. The highest BCUT2D eigenvalue weighted by molar-refractivity contribution is 6.01. The minimum absolute atomic E-state index is 0.0271. The third-order valence-corrected chi connectivity index (χ3v) is 4.72. The summed E-state index contributed by atoms with van der Waals surface area (Å²) in [7, 11) is 0. The van der Waals surface area contributed by atoms with Gasteiger partial charge in [-0.25, -0.2) is 0 Å². The molecule has 1 aromatic rings. The Morgan fingerprint density at radius 1 is 1.18 bits per heavy atom. The van der Waals surface area contributed by atoms with Crippen molar-refractivity contribution in [3.05, 3.63) is 47.0 Å². The number of carbonyl (C=O) groups excluding carboxylic acids is 2. The SMILES string of the molecule is O=C1CC(C(=O)NCCC2=CCCCC2)Cc2ccccc21. The molecule has 0 radical (unpaired) electrons. The van der Waals surface area contributed by atoms with Crippen LogP contribution >= 0.6 is 0 Å². The lowest BCUT2D eigenvalue weighted by Gasteiger charge is -2.23. The van der Waals surface area contributed by atoms with Crippen LogP contribution in [-0.2, 0) is 11.2 Å². The van der Waals surface area contributed by atoms with Crippen molar-refractivity contribution in [2.24, 2.45) is 5.92 Å². The Morgan fingerprint density at radius 3 is 2.86 bits per heavy atom. The van der Waals surface area contributed by atoms with E-state index in [1.165, 1.54) is 31.3 Å². The Morgan fingerprint density at radius 2 is 2.05 bits per heavy atom. The van der Waals surface area contributed by atoms with Gasteiger partial charge in [0.25, 0.3) is 0 Å². The van der Waals surface area contributed by atoms with E-state index in [2.05, 4.69) is 11.4 Å². The zero-order valence-electron chi connectivity index (χ0n) is 12.9. The van der Waals surface area contributed by atoms with E-state index >= 15 is 0 Å². The Labute approximate surface area is 131 Å². The largest absolute Gasteiger partial charge is 0.356 e. The summed E-state index contributed by atoms with van der Waals surface area (Å²) in [5, 5.41) is 3.02. The molecule has 0 bridgehead atoms. The molecule has 1 atom stereocenters. The average Bonchev–Trinajstić information content (AvgIpc) is 2.56. The molecule has 1 N–H and O–H groups in total. The molecule has 22 heavy (non-hydrogen) atoms. The molecule has 2 aliphatic carbocycles. The first-order valence-corrected chi connectivity index (χ1v) is 8.31. The van der Waals surface area contributed by atoms with Gasteiger partial charge < -0.3 is 5.32 Å². The van der Waals surface area contributed by atoms with Gasteiger partial charge in [0.05, 0.1) is 0 Å². The van der Waals surface area contributed by atoms with E-state index in [1.54, 1.807) is 0 Å². The van der Waals surface area contributed by atoms with Gasteiger partial charge in [-0.2, -0.15) is 0 Å². The Kier molecular flexibility index (Phi) is 4.71. The summed E-state index contributed by atoms with van der Waals surface area (Å²) < 4.78 is 0. The van der Waals surface area contributed by atoms with Crippen molar-refractivity contribution in [2.75, 3.05) is 6.54 Å². The van der Waals surface area contributed by atoms with Gasteiger partial charge in [-0.15, -0.1) is 0 Å². The highest BCUT2D eigenvalue weighted by atomic mass is 16.2. The summed E-state index contributed by atoms with van der Waals surface area (Å²) in [6.45, 7) is 0.691. The number of nitrogens with one attached hydrogen (secondary N) is 1. The van der Waals surface area contributed by atoms with Crippen LogP contribution in [0.1, 0.15) is 54.4 Å². The number of carbonyl (C=O) groups is 2. The van der Waals surface area contributed by atoms with E-state index in [0.717, 1.165) is 17.5 Å². The molecule has 1 aromatic carbocycles. The maximum atomic E-state index is 12.3. The maximum Gasteiger partial charge on any atom is 0.223 e. The van der Waals surface area contributed by atoms with Gasteiger partial charge in [-0.1, -0.05) is 35.9 Å². The second-order valence-electron chi connectivity index (χ2n) is 6.33. The van der Waals surface area contributed by atoms with Crippen molar-refractivity contribution < 1.29 is 9.59 Å². The van der Waals surface area contributed by atoms with E-state index in [1.807, 2.05) is 24.3 Å². The summed E-state index contributed by atoms with van der Waals surface area (Å²) in [6.07, 6.45) is 9.19. The molecule has 3 rings (SSSR count). The standard InChI is InChI=1S/C19H23NO2/c21-18-13-16(12-15-8-4-5-9-17(15)18)19(22)20-11-10-14-6-2-1-3-7-14/h4-6,8-9,16H,1-3,7,10-13H2,(H,20,22). The number of benzene rings is 1. The minimum atomic E-state index is -0.206. The molecule has 3 nitrogen and oxygen atoms in total. The first kappa shape index (κ1) is 15.0. The topological polar surface area (TPSA) is 46.2 Å². The molecule has 116 valence electrons. The van der Waals surface area contributed by atoms with Crippen molar-refractivity contribution >= 4 is 11.7 Å². The second-order valence-corrected chi connectivity index (χ2v) is 6.33. The monoisotopic (exact) mass is 297 g/mol. The molecule has 3 heteroatoms. The fraction of sp³-hybridized carbons (Fsp3) is 0.474. The summed E-state index contributed by atoms with van der Waals surface area (Å²) in [5.74, 6) is -0.0843. The highest BCUT2D eigenvalue weighted by Gasteiger charge is 2.29. The number of hydrogen-bond acceptors (Lipinski definition) is 2. The minimum Gasteiger partial charge on any atom is -0.356 e. The predicted molar refractivity (Wildman–Crippen MR) is 86.8 cm³/mol. The predicted octanol–water partition coefficient (Wildman–Crippen LogP) is 3.44. The van der Waals surface area contributed by atoms with Crippen molar-refractivity contribution in [1.29, 1.82) is 0 Å². The molecule has 0 spiro atoms. The number of hydrogen-bond donors (Lipinski definition) is 1. The lowest BCUT2D eigenvalue weighted by Crippen LogP contribution is -2.36. The highest BCUT2D eigenvalue weighted by Crippen LogP contribution is 2.25. The van der Waals surface area contributed by atoms with Crippen molar-refractivity contribution in [2.45, 2.75) is 44.9 Å². The molecule has 0 aliphatic heterocycles. The van der Waals surface area contributed by atoms with Crippen molar-refractivity contribution in [1.82, 2.24) is 5.32 Å². The third-order valence-electron chi connectivity index (χ3n) is 4.72. The zero-order chi connectivity index (χ0) is 15.4. The number of rotatable bonds is 4. The molecule has 1 unspecified atom stereocenters. The van der Waals surface area contributed by atoms with Crippen LogP contribution in [-0.4, -0.2) is 18.2 Å². The lowest BCUT2D eigenvalue weighted by molar-refractivity contribution is -0.125. The van der Waals surface area contributed by atoms with Gasteiger partial charge in [0, 0.05) is 24.4 Å². The summed E-state index contributed by atoms with van der Waals surface area (Å²) in [5.41, 5.74) is 3.27. The van der Waals surface area contributed by atoms with Gasteiger partial charge in [0.15, 0.2) is 5.78 Å². The summed E-state index contributed by atoms with van der Waals surface area (Å²) in [4.78, 5) is 24.4. The molecule has 0 saturated carbocycles. The average molecular weight is 297 g/mol. The summed E-state index contributed by atoms with van der Waals surface area (Å²) >= 11 is 0. The molecule has 0 heterocycles. The zero-order valence-corrected chi connectivity index (χ0v) is 12.9. The van der Waals surface area contributed by atoms with E-state index < -0.39 is 0 Å². The molecule has 0 saturated heterocycles. The van der Waals surface area contributed by atoms with E-state index in [4.69, 9.17) is 0 Å². The van der Waals surface area contributed by atoms with Crippen molar-refractivity contribution in [3.8, 4) is 0 Å². The number of fused-ring (bicyclic) bond motifs is 1. The first-order valence-electron chi connectivity index (χ1n) is 8.31. The molecule has 1 amide bonds. The van der Waals surface area contributed by atoms with Gasteiger partial charge in [0.1, 0.15) is 0 Å². The van der Waals surface area contributed by atoms with Crippen LogP contribution in [0.15, 0.2) is 35.9 Å². The molecular formula is C19H23NO2. The molecule has 2 aliphatic rings. The fourth-order valence-corrected chi connectivity index (χ4v) is 3.45. The quantitative estimate of drug-likeness (QED) is 0.865. The summed E-state index contributed by atoms with van der Waals surface area (Å²) in [6, 6.07) is 7.64. The third kappa shape index (κ3) is 3.46. The van der Waals surface area contributed by atoms with E-state index in [-0.39, 0.29) is 17.6 Å². The smallest absolute Gasteiger partial charge is 0.223 e. The number of amides is 1. The Hall–Kier alpha value is -1.90. The van der Waals surface area contributed by atoms with Gasteiger partial charge in [-0.3, -0.25) is 9.59 Å². The number of ketones is 1. The van der Waals surface area contributed by atoms with Crippen LogP contribution in [0.25, 0.3) is 0 Å². The Bertz CT molecular complexity index is 603. The van der Waals surface area contributed by atoms with Gasteiger partial charge in [-0.05, 0) is 44.1 Å².